The molecule has 0 heterocycles. The fourth-order valence-corrected chi connectivity index (χ4v) is 5.89. The summed E-state index contributed by atoms with van der Waals surface area (Å²) >= 11 is 12.4. The van der Waals surface area contributed by atoms with E-state index in [1.807, 2.05) is 50.2 Å². The highest BCUT2D eigenvalue weighted by atomic mass is 35.5. The van der Waals surface area contributed by atoms with Gasteiger partial charge in [0.2, 0.25) is 21.8 Å². The largest absolute Gasteiger partial charge is 0.352 e. The van der Waals surface area contributed by atoms with Crippen molar-refractivity contribution in [1.29, 1.82) is 0 Å². The van der Waals surface area contributed by atoms with Gasteiger partial charge in [0.15, 0.2) is 0 Å². The number of carbonyl (C=O) groups excluding carboxylic acids is 2. The summed E-state index contributed by atoms with van der Waals surface area (Å²) in [5.41, 5.74) is 3.39. The first-order valence-electron chi connectivity index (χ1n) is 13.4. The summed E-state index contributed by atoms with van der Waals surface area (Å²) in [6.07, 6.45) is 2.02. The van der Waals surface area contributed by atoms with Gasteiger partial charge in [-0.3, -0.25) is 13.9 Å². The van der Waals surface area contributed by atoms with Crippen LogP contribution in [0.2, 0.25) is 10.0 Å². The van der Waals surface area contributed by atoms with Crippen molar-refractivity contribution in [3.8, 4) is 0 Å². The second-order valence-electron chi connectivity index (χ2n) is 10.3. The number of carbonyl (C=O) groups is 2. The van der Waals surface area contributed by atoms with Gasteiger partial charge in [0.05, 0.1) is 22.0 Å². The van der Waals surface area contributed by atoms with Crippen LogP contribution in [0, 0.1) is 13.8 Å². The van der Waals surface area contributed by atoms with Crippen LogP contribution in [0.4, 0.5) is 5.69 Å². The molecule has 3 rings (SSSR count). The zero-order valence-corrected chi connectivity index (χ0v) is 26.4. The molecule has 0 aromatic heterocycles. The molecule has 0 bridgehead atoms. The second-order valence-corrected chi connectivity index (χ2v) is 13.0. The van der Waals surface area contributed by atoms with Crippen molar-refractivity contribution in [1.82, 2.24) is 10.2 Å². The molecule has 2 amide bonds. The standard InChI is InChI=1S/C31H37Cl2N3O4S/c1-6-23(4)34-31(38)28(18-24-13-8-7-9-14-24)35(19-25-15-16-26(32)27(33)17-25)29(37)20-36(41(5,39)40)30-21(2)11-10-12-22(30)3/h7-17,23,28H,6,18-20H2,1-5H3,(H,34,38). The molecule has 7 nitrogen and oxygen atoms in total. The van der Waals surface area contributed by atoms with Crippen LogP contribution < -0.4 is 9.62 Å². The van der Waals surface area contributed by atoms with Crippen molar-refractivity contribution < 1.29 is 18.0 Å². The van der Waals surface area contributed by atoms with E-state index in [4.69, 9.17) is 23.2 Å². The highest BCUT2D eigenvalue weighted by molar-refractivity contribution is 7.92. The van der Waals surface area contributed by atoms with Crippen LogP contribution in [0.5, 0.6) is 0 Å². The molecule has 0 radical (unpaired) electrons. The number of nitrogens with one attached hydrogen (secondary N) is 1. The number of halogens is 2. The third kappa shape index (κ3) is 8.71. The van der Waals surface area contributed by atoms with E-state index in [2.05, 4.69) is 5.32 Å². The van der Waals surface area contributed by atoms with Crippen LogP contribution in [0.15, 0.2) is 66.7 Å². The fourth-order valence-electron chi connectivity index (χ4n) is 4.60. The maximum atomic E-state index is 14.2. The van der Waals surface area contributed by atoms with Gasteiger partial charge in [-0.2, -0.15) is 0 Å². The molecule has 0 aliphatic rings. The Morgan fingerprint density at radius 1 is 0.902 bits per heavy atom. The number of amides is 2. The third-order valence-electron chi connectivity index (χ3n) is 6.98. The quantitative estimate of drug-likeness (QED) is 0.273. The number of para-hydroxylation sites is 1. The van der Waals surface area contributed by atoms with Crippen molar-refractivity contribution in [3.05, 3.63) is 99.0 Å². The van der Waals surface area contributed by atoms with E-state index >= 15 is 0 Å². The Balaban J connectivity index is 2.12. The van der Waals surface area contributed by atoms with Gasteiger partial charge in [-0.25, -0.2) is 8.42 Å². The lowest BCUT2D eigenvalue weighted by molar-refractivity contribution is -0.140. The normalized spacial score (nSPS) is 12.9. The van der Waals surface area contributed by atoms with Crippen LogP contribution >= 0.6 is 23.2 Å². The summed E-state index contributed by atoms with van der Waals surface area (Å²) in [6, 6.07) is 18.8. The van der Waals surface area contributed by atoms with Gasteiger partial charge in [0.25, 0.3) is 0 Å². The van der Waals surface area contributed by atoms with Gasteiger partial charge < -0.3 is 10.2 Å². The average molecular weight is 619 g/mol. The Kier molecular flexibility index (Phi) is 11.2. The fraction of sp³-hybridized carbons (Fsp3) is 0.355. The summed E-state index contributed by atoms with van der Waals surface area (Å²) < 4.78 is 27.2. The number of rotatable bonds is 12. The average Bonchev–Trinajstić information content (AvgIpc) is 2.91. The van der Waals surface area contributed by atoms with Gasteiger partial charge in [-0.05, 0) is 61.6 Å². The Bertz CT molecular complexity index is 1460. The molecule has 2 unspecified atom stereocenters. The molecular formula is C31H37Cl2N3O4S. The minimum Gasteiger partial charge on any atom is -0.352 e. The van der Waals surface area contributed by atoms with E-state index in [9.17, 15) is 18.0 Å². The van der Waals surface area contributed by atoms with Crippen molar-refractivity contribution in [2.45, 2.75) is 59.2 Å². The van der Waals surface area contributed by atoms with Crippen LogP contribution in [-0.2, 0) is 32.6 Å². The van der Waals surface area contributed by atoms with Gasteiger partial charge in [-0.1, -0.05) is 84.7 Å². The van der Waals surface area contributed by atoms with Crippen molar-refractivity contribution in [2.75, 3.05) is 17.1 Å². The lowest BCUT2D eigenvalue weighted by Crippen LogP contribution is -2.54. The summed E-state index contributed by atoms with van der Waals surface area (Å²) in [5.74, 6) is -0.848. The van der Waals surface area contributed by atoms with Crippen LogP contribution in [0.3, 0.4) is 0 Å². The predicted octanol–water partition coefficient (Wildman–Crippen LogP) is 5.93. The number of nitrogens with zero attached hydrogens (tertiary/aromatic N) is 2. The molecule has 0 spiro atoms. The molecule has 0 aliphatic heterocycles. The smallest absolute Gasteiger partial charge is 0.244 e. The summed E-state index contributed by atoms with van der Waals surface area (Å²) in [5, 5.41) is 3.69. The minimum atomic E-state index is -3.86. The molecule has 3 aromatic carbocycles. The zero-order valence-electron chi connectivity index (χ0n) is 24.0. The highest BCUT2D eigenvalue weighted by Gasteiger charge is 2.34. The number of anilines is 1. The first-order valence-corrected chi connectivity index (χ1v) is 16.0. The number of sulfonamides is 1. The molecule has 0 fully saturated rings. The first-order chi connectivity index (χ1) is 19.3. The Labute approximate surface area is 253 Å². The monoisotopic (exact) mass is 617 g/mol. The van der Waals surface area contributed by atoms with E-state index in [1.54, 1.807) is 44.2 Å². The van der Waals surface area contributed by atoms with Gasteiger partial charge >= 0.3 is 0 Å². The van der Waals surface area contributed by atoms with E-state index in [0.29, 0.717) is 27.7 Å². The molecule has 220 valence electrons. The lowest BCUT2D eigenvalue weighted by Gasteiger charge is -2.34. The van der Waals surface area contributed by atoms with E-state index in [0.717, 1.165) is 27.3 Å². The first kappa shape index (κ1) is 32.4. The molecule has 0 saturated heterocycles. The summed E-state index contributed by atoms with van der Waals surface area (Å²) in [4.78, 5) is 29.4. The number of aryl methyl sites for hydroxylation is 2. The van der Waals surface area contributed by atoms with Crippen LogP contribution in [0.1, 0.15) is 42.5 Å². The Morgan fingerprint density at radius 2 is 1.54 bits per heavy atom. The lowest BCUT2D eigenvalue weighted by atomic mass is 10.0. The van der Waals surface area contributed by atoms with Gasteiger partial charge in [0.1, 0.15) is 12.6 Å². The molecule has 10 heteroatoms. The topological polar surface area (TPSA) is 86.8 Å². The molecule has 2 atom stereocenters. The van der Waals surface area contributed by atoms with E-state index in [1.165, 1.54) is 4.90 Å². The van der Waals surface area contributed by atoms with Gasteiger partial charge in [0, 0.05) is 19.0 Å². The molecule has 41 heavy (non-hydrogen) atoms. The van der Waals surface area contributed by atoms with Crippen molar-refractivity contribution >= 4 is 50.7 Å². The Hall–Kier alpha value is -3.07. The minimum absolute atomic E-state index is 0.0193. The van der Waals surface area contributed by atoms with Crippen LogP contribution in [0.25, 0.3) is 0 Å². The number of benzene rings is 3. The molecule has 0 aliphatic carbocycles. The predicted molar refractivity (Wildman–Crippen MR) is 167 cm³/mol. The van der Waals surface area contributed by atoms with Crippen molar-refractivity contribution in [2.24, 2.45) is 0 Å². The van der Waals surface area contributed by atoms with Crippen molar-refractivity contribution in [3.63, 3.8) is 0 Å². The second kappa shape index (κ2) is 14.2. The molecule has 1 N–H and O–H groups in total. The summed E-state index contributed by atoms with van der Waals surface area (Å²) in [7, 11) is -3.86. The zero-order chi connectivity index (χ0) is 30.3. The number of hydrogen-bond donors (Lipinski definition) is 1. The molecule has 0 saturated carbocycles. The maximum Gasteiger partial charge on any atom is 0.244 e. The maximum absolute atomic E-state index is 14.2. The highest BCUT2D eigenvalue weighted by Crippen LogP contribution is 2.28. The summed E-state index contributed by atoms with van der Waals surface area (Å²) in [6.45, 7) is 7.00. The third-order valence-corrected chi connectivity index (χ3v) is 8.83. The Morgan fingerprint density at radius 3 is 2.10 bits per heavy atom. The van der Waals surface area contributed by atoms with E-state index < -0.39 is 28.5 Å². The molecular weight excluding hydrogens is 581 g/mol. The van der Waals surface area contributed by atoms with Gasteiger partial charge in [-0.15, -0.1) is 0 Å². The van der Waals surface area contributed by atoms with E-state index in [-0.39, 0.29) is 24.9 Å². The van der Waals surface area contributed by atoms with Crippen LogP contribution in [-0.4, -0.2) is 50.0 Å². The number of hydrogen-bond acceptors (Lipinski definition) is 4. The SMILES string of the molecule is CCC(C)NC(=O)C(Cc1ccccc1)N(Cc1ccc(Cl)c(Cl)c1)C(=O)CN(c1c(C)cccc1C)S(C)(=O)=O. The molecule has 3 aromatic rings.